The Morgan fingerprint density at radius 1 is 1.10 bits per heavy atom. The van der Waals surface area contributed by atoms with Crippen LogP contribution in [0.25, 0.3) is 0 Å². The van der Waals surface area contributed by atoms with Crippen LogP contribution in [0.3, 0.4) is 0 Å². The number of rotatable bonds is 9. The average Bonchev–Trinajstić information content (AvgIpc) is 2.45. The summed E-state index contributed by atoms with van der Waals surface area (Å²) >= 11 is 0. The van der Waals surface area contributed by atoms with Crippen LogP contribution in [-0.4, -0.2) is 28.0 Å². The minimum Gasteiger partial charge on any atom is -0.329 e. The predicted octanol–water partition coefficient (Wildman–Crippen LogP) is 3.52. The van der Waals surface area contributed by atoms with Crippen molar-refractivity contribution >= 4 is 25.7 Å². The summed E-state index contributed by atoms with van der Waals surface area (Å²) in [5.41, 5.74) is 0.943. The average molecular weight is 354 g/mol. The van der Waals surface area contributed by atoms with Gasteiger partial charge in [0.15, 0.2) is 7.49 Å². The van der Waals surface area contributed by atoms with E-state index in [0.717, 1.165) is 5.56 Å². The molecular formula is C12H20O6P2S. The first-order valence-corrected chi connectivity index (χ1v) is 11.5. The van der Waals surface area contributed by atoms with Crippen molar-refractivity contribution in [1.29, 1.82) is 0 Å². The van der Waals surface area contributed by atoms with E-state index in [4.69, 9.17) is 13.2 Å². The predicted molar refractivity (Wildman–Crippen MR) is 83.5 cm³/mol. The van der Waals surface area contributed by atoms with Crippen LogP contribution in [0.1, 0.15) is 19.4 Å². The molecule has 1 atom stereocenters. The largest absolute Gasteiger partial charge is 0.329 e. The van der Waals surface area contributed by atoms with Crippen molar-refractivity contribution in [3.63, 3.8) is 0 Å². The molecule has 21 heavy (non-hydrogen) atoms. The molecule has 0 aliphatic rings. The summed E-state index contributed by atoms with van der Waals surface area (Å²) in [6.45, 7) is 6.08. The summed E-state index contributed by atoms with van der Waals surface area (Å²) in [5, 5.41) is 0. The number of benzene rings is 1. The second-order valence-corrected chi connectivity index (χ2v) is 10.3. The Kier molecular flexibility index (Phi) is 8.03. The van der Waals surface area contributed by atoms with Crippen molar-refractivity contribution in [2.75, 3.05) is 19.6 Å². The lowest BCUT2D eigenvalue weighted by molar-refractivity contribution is 0.280. The van der Waals surface area contributed by atoms with Gasteiger partial charge in [-0.25, -0.2) is 0 Å². The van der Waals surface area contributed by atoms with Gasteiger partial charge in [-0.15, -0.1) is 0 Å². The number of hydrogen-bond acceptors (Lipinski definition) is 6. The topological polar surface area (TPSA) is 78.9 Å². The number of hydrogen-bond donors (Lipinski definition) is 0. The lowest BCUT2D eigenvalue weighted by Gasteiger charge is -2.15. The first-order valence-electron chi connectivity index (χ1n) is 6.45. The molecule has 6 nitrogen and oxygen atoms in total. The lowest BCUT2D eigenvalue weighted by Crippen LogP contribution is -2.06. The molecule has 0 aliphatic carbocycles. The summed E-state index contributed by atoms with van der Waals surface area (Å²) in [6, 6.07) is 6.25. The Morgan fingerprint density at radius 3 is 2.10 bits per heavy atom. The van der Waals surface area contributed by atoms with Gasteiger partial charge < -0.3 is 13.6 Å². The molecule has 1 aromatic rings. The third-order valence-corrected chi connectivity index (χ3v) is 8.00. The van der Waals surface area contributed by atoms with Crippen LogP contribution < -0.4 is 0 Å². The molecule has 0 bridgehead atoms. The maximum absolute atomic E-state index is 12.0. The maximum Gasteiger partial charge on any atom is 0.297 e. The fraction of sp³-hybridized carbons (Fsp3) is 0.500. The van der Waals surface area contributed by atoms with Crippen LogP contribution in [-0.2, 0) is 27.9 Å². The quantitative estimate of drug-likeness (QED) is 0.499. The standard InChI is InChI=1S/C12H20O6P2S/c1-4-16-20(17-5-2)19(13)10-18-21(14,15)12-8-6-11(3)7-9-12/h6-9,19H,4-5,10H2,1-3H3. The Labute approximate surface area is 127 Å². The fourth-order valence-electron chi connectivity index (χ4n) is 1.37. The number of aryl methyl sites for hydroxylation is 1. The summed E-state index contributed by atoms with van der Waals surface area (Å²) in [5.74, 6) is 0. The van der Waals surface area contributed by atoms with E-state index in [1.54, 1.807) is 26.0 Å². The lowest BCUT2D eigenvalue weighted by atomic mass is 10.2. The molecule has 0 saturated heterocycles. The molecule has 0 aromatic heterocycles. The molecule has 0 heterocycles. The normalized spacial score (nSPS) is 13.5. The molecule has 1 aromatic carbocycles. The van der Waals surface area contributed by atoms with Crippen LogP contribution in [0.15, 0.2) is 29.2 Å². The van der Waals surface area contributed by atoms with Crippen LogP contribution >= 0.6 is 15.6 Å². The summed E-state index contributed by atoms with van der Waals surface area (Å²) < 4.78 is 51.3. The van der Waals surface area contributed by atoms with E-state index < -0.39 is 32.0 Å². The van der Waals surface area contributed by atoms with Crippen LogP contribution in [0.4, 0.5) is 0 Å². The third kappa shape index (κ3) is 6.15. The molecule has 0 saturated carbocycles. The summed E-state index contributed by atoms with van der Waals surface area (Å²) in [6.07, 6.45) is -0.410. The van der Waals surface area contributed by atoms with E-state index in [2.05, 4.69) is 0 Å². The van der Waals surface area contributed by atoms with Gasteiger partial charge in [0.1, 0.15) is 6.35 Å². The van der Waals surface area contributed by atoms with Gasteiger partial charge in [-0.1, -0.05) is 17.7 Å². The molecule has 0 amide bonds. The van der Waals surface area contributed by atoms with Crippen LogP contribution in [0, 0.1) is 6.92 Å². The molecule has 0 N–H and O–H groups in total. The maximum atomic E-state index is 12.0. The monoisotopic (exact) mass is 354 g/mol. The summed E-state index contributed by atoms with van der Waals surface area (Å²) in [4.78, 5) is 0.0417. The zero-order chi connectivity index (χ0) is 15.9. The zero-order valence-electron chi connectivity index (χ0n) is 12.2. The Hall–Kier alpha value is -0.290. The van der Waals surface area contributed by atoms with Gasteiger partial charge in [0, 0.05) is 0 Å². The molecule has 0 fully saturated rings. The highest BCUT2D eigenvalue weighted by atomic mass is 32.2. The fourth-order valence-corrected chi connectivity index (χ4v) is 6.36. The first kappa shape index (κ1) is 18.8. The van der Waals surface area contributed by atoms with Crippen molar-refractivity contribution in [3.8, 4) is 0 Å². The summed E-state index contributed by atoms with van der Waals surface area (Å²) in [7, 11) is -7.94. The molecule has 1 rings (SSSR count). The third-order valence-electron chi connectivity index (χ3n) is 2.34. The van der Waals surface area contributed by atoms with Gasteiger partial charge in [-0.2, -0.15) is 8.42 Å². The molecular weight excluding hydrogens is 334 g/mol. The van der Waals surface area contributed by atoms with Crippen molar-refractivity contribution < 1.29 is 26.2 Å². The van der Waals surface area contributed by atoms with E-state index in [9.17, 15) is 13.0 Å². The highest BCUT2D eigenvalue weighted by Gasteiger charge is 2.22. The molecule has 0 radical (unpaired) electrons. The van der Waals surface area contributed by atoms with E-state index in [0.29, 0.717) is 13.2 Å². The van der Waals surface area contributed by atoms with Crippen molar-refractivity contribution in [2.24, 2.45) is 0 Å². The van der Waals surface area contributed by atoms with E-state index in [1.165, 1.54) is 12.1 Å². The SMILES string of the molecule is CCOP(OCC)[PH](=O)COS(=O)(=O)c1ccc(C)cc1. The molecule has 9 heteroatoms. The van der Waals surface area contributed by atoms with Gasteiger partial charge in [0.25, 0.3) is 10.1 Å². The van der Waals surface area contributed by atoms with Crippen molar-refractivity contribution in [3.05, 3.63) is 29.8 Å². The van der Waals surface area contributed by atoms with Crippen molar-refractivity contribution in [1.82, 2.24) is 0 Å². The van der Waals surface area contributed by atoms with Gasteiger partial charge in [-0.05, 0) is 32.9 Å². The van der Waals surface area contributed by atoms with E-state index >= 15 is 0 Å². The first-order chi connectivity index (χ1) is 9.90. The smallest absolute Gasteiger partial charge is 0.297 e. The Balaban J connectivity index is 2.68. The molecule has 0 aliphatic heterocycles. The Morgan fingerprint density at radius 2 is 1.62 bits per heavy atom. The second-order valence-electron chi connectivity index (χ2n) is 4.02. The van der Waals surface area contributed by atoms with Gasteiger partial charge in [-0.3, -0.25) is 4.18 Å². The Bertz CT molecular complexity index is 552. The minimum atomic E-state index is -3.91. The van der Waals surface area contributed by atoms with Crippen LogP contribution in [0.5, 0.6) is 0 Å². The molecule has 1 unspecified atom stereocenters. The minimum absolute atomic E-state index is 0.0417. The molecule has 0 spiro atoms. The van der Waals surface area contributed by atoms with Crippen LogP contribution in [0.2, 0.25) is 0 Å². The molecule has 120 valence electrons. The van der Waals surface area contributed by atoms with E-state index in [1.807, 2.05) is 6.92 Å². The zero-order valence-corrected chi connectivity index (χ0v) is 14.9. The highest BCUT2D eigenvalue weighted by molar-refractivity contribution is 8.19. The van der Waals surface area contributed by atoms with Gasteiger partial charge in [0.05, 0.1) is 18.1 Å². The van der Waals surface area contributed by atoms with Gasteiger partial charge in [0.2, 0.25) is 8.06 Å². The van der Waals surface area contributed by atoms with E-state index in [-0.39, 0.29) is 4.90 Å². The van der Waals surface area contributed by atoms with Crippen molar-refractivity contribution in [2.45, 2.75) is 25.7 Å². The second kappa shape index (κ2) is 8.99. The highest BCUT2D eigenvalue weighted by Crippen LogP contribution is 2.62. The van der Waals surface area contributed by atoms with Gasteiger partial charge >= 0.3 is 0 Å².